The van der Waals surface area contributed by atoms with Crippen LogP contribution in [0.25, 0.3) is 0 Å². The van der Waals surface area contributed by atoms with Crippen molar-refractivity contribution in [2.45, 2.75) is 60.9 Å². The van der Waals surface area contributed by atoms with Crippen LogP contribution in [0.2, 0.25) is 0 Å². The summed E-state index contributed by atoms with van der Waals surface area (Å²) in [4.78, 5) is 15.4. The first-order valence-corrected chi connectivity index (χ1v) is 15.4. The Morgan fingerprint density at radius 2 is 1.86 bits per heavy atom. The van der Waals surface area contributed by atoms with E-state index in [1.807, 2.05) is 20.8 Å². The van der Waals surface area contributed by atoms with Crippen LogP contribution in [0, 0.1) is 10.8 Å². The van der Waals surface area contributed by atoms with Crippen molar-refractivity contribution < 1.29 is 27.4 Å². The number of sulfonamides is 1. The van der Waals surface area contributed by atoms with Gasteiger partial charge in [0.05, 0.1) is 29.9 Å². The van der Waals surface area contributed by atoms with Crippen LogP contribution in [0.4, 0.5) is 11.4 Å². The molecule has 2 aliphatic heterocycles. The summed E-state index contributed by atoms with van der Waals surface area (Å²) in [7, 11) is -7.47. The van der Waals surface area contributed by atoms with Gasteiger partial charge in [0.25, 0.3) is 5.91 Å². The number of nitrogens with zero attached hydrogens (tertiary/aromatic N) is 2. The minimum atomic E-state index is -3.91. The minimum absolute atomic E-state index is 0.0309. The lowest BCUT2D eigenvalue weighted by atomic mass is 9.83. The van der Waals surface area contributed by atoms with Gasteiger partial charge in [-0.1, -0.05) is 41.5 Å². The molecule has 0 fully saturated rings. The maximum Gasteiger partial charge on any atom is 0.348 e. The first-order valence-electron chi connectivity index (χ1n) is 11.9. The van der Waals surface area contributed by atoms with Crippen molar-refractivity contribution in [3.63, 3.8) is 0 Å². The molecule has 0 bridgehead atoms. The molecule has 10 nitrogen and oxygen atoms in total. The quantitative estimate of drug-likeness (QED) is 0.419. The van der Waals surface area contributed by atoms with Gasteiger partial charge in [0.2, 0.25) is 10.0 Å². The van der Waals surface area contributed by atoms with Gasteiger partial charge in [0.15, 0.2) is 5.84 Å². The first-order chi connectivity index (χ1) is 16.4. The molecule has 0 aromatic heterocycles. The highest BCUT2D eigenvalue weighted by Crippen LogP contribution is 2.53. The molecule has 3 N–H and O–H groups in total. The van der Waals surface area contributed by atoms with E-state index < -0.39 is 34.9 Å². The molecule has 2 atom stereocenters. The molecular weight excluding hydrogens is 503 g/mol. The lowest BCUT2D eigenvalue weighted by molar-refractivity contribution is -0.130. The Morgan fingerprint density at radius 3 is 2.39 bits per heavy atom. The molecule has 12 heteroatoms. The standard InChI is InChI=1S/C24H37N4O6PS/c1-9-24(6,7)14-28-20(23(3,4)5)19(29)18(22(28)30)21-25-16-12-11-15(27-36(8,32)33)13-17(16)35(31,26-21)34-10-2/h11-13,20,27,29H,9-10,14H2,1-8H3,(H,25,26,31)/t20-,35?/m1/s1. The molecule has 1 aromatic rings. The molecule has 1 aromatic carbocycles. The van der Waals surface area contributed by atoms with Crippen molar-refractivity contribution >= 4 is 46.0 Å². The number of fused-ring (bicyclic) bond motifs is 1. The number of hydrogen-bond acceptors (Lipinski definition) is 7. The summed E-state index contributed by atoms with van der Waals surface area (Å²) in [6.45, 7) is 14.2. The average Bonchev–Trinajstić information content (AvgIpc) is 2.96. The highest BCUT2D eigenvalue weighted by Gasteiger charge is 2.49. The van der Waals surface area contributed by atoms with Crippen molar-refractivity contribution in [1.82, 2.24) is 4.90 Å². The van der Waals surface area contributed by atoms with Gasteiger partial charge in [-0.3, -0.25) is 14.1 Å². The summed E-state index contributed by atoms with van der Waals surface area (Å²) in [5.74, 6) is -0.564. The van der Waals surface area contributed by atoms with E-state index in [2.05, 4.69) is 35.6 Å². The van der Waals surface area contributed by atoms with Gasteiger partial charge in [0, 0.05) is 12.2 Å². The molecule has 0 spiro atoms. The number of aliphatic hydroxyl groups is 1. The molecule has 0 radical (unpaired) electrons. The third-order valence-corrected chi connectivity index (χ3v) is 8.97. The second-order valence-electron chi connectivity index (χ2n) is 11.1. The van der Waals surface area contributed by atoms with Crippen LogP contribution in [0.1, 0.15) is 54.9 Å². The number of benzene rings is 1. The molecule has 0 saturated heterocycles. The fourth-order valence-electron chi connectivity index (χ4n) is 4.36. The van der Waals surface area contributed by atoms with Crippen LogP contribution < -0.4 is 15.3 Å². The Labute approximate surface area is 213 Å². The number of hydrogen-bond donors (Lipinski definition) is 3. The molecule has 36 heavy (non-hydrogen) atoms. The number of amides is 1. The predicted octanol–water partition coefficient (Wildman–Crippen LogP) is 4.24. The summed E-state index contributed by atoms with van der Waals surface area (Å²) < 4.78 is 49.6. The molecule has 0 aliphatic carbocycles. The first kappa shape index (κ1) is 28.2. The average molecular weight is 541 g/mol. The molecule has 2 aliphatic rings. The fraction of sp³-hybridized carbons (Fsp3) is 0.583. The Hall–Kier alpha value is -2.36. The monoisotopic (exact) mass is 540 g/mol. The van der Waals surface area contributed by atoms with E-state index in [1.165, 1.54) is 12.1 Å². The summed E-state index contributed by atoms with van der Waals surface area (Å²) in [6.07, 6.45) is 1.85. The van der Waals surface area contributed by atoms with Crippen molar-refractivity contribution in [1.29, 1.82) is 0 Å². The van der Waals surface area contributed by atoms with Gasteiger partial charge >= 0.3 is 7.52 Å². The molecule has 1 unspecified atom stereocenters. The van der Waals surface area contributed by atoms with E-state index in [0.29, 0.717) is 12.2 Å². The normalized spacial score (nSPS) is 22.9. The lowest BCUT2D eigenvalue weighted by Gasteiger charge is -2.39. The Balaban J connectivity index is 2.13. The van der Waals surface area contributed by atoms with Crippen LogP contribution in [0.3, 0.4) is 0 Å². The van der Waals surface area contributed by atoms with Crippen LogP contribution in [0.15, 0.2) is 34.3 Å². The van der Waals surface area contributed by atoms with Crippen LogP contribution in [0.5, 0.6) is 0 Å². The van der Waals surface area contributed by atoms with Crippen molar-refractivity contribution in [3.8, 4) is 0 Å². The summed E-state index contributed by atoms with van der Waals surface area (Å²) >= 11 is 0. The third kappa shape index (κ3) is 5.63. The number of amidine groups is 1. The van der Waals surface area contributed by atoms with E-state index in [1.54, 1.807) is 17.9 Å². The Kier molecular flexibility index (Phi) is 7.45. The zero-order chi connectivity index (χ0) is 27.3. The minimum Gasteiger partial charge on any atom is -0.509 e. The van der Waals surface area contributed by atoms with Gasteiger partial charge < -0.3 is 19.8 Å². The van der Waals surface area contributed by atoms with E-state index >= 15 is 0 Å². The van der Waals surface area contributed by atoms with E-state index in [-0.39, 0.29) is 40.2 Å². The molecule has 0 saturated carbocycles. The summed E-state index contributed by atoms with van der Waals surface area (Å²) in [6, 6.07) is 3.85. The molecule has 3 rings (SSSR count). The number of carbonyl (C=O) groups excluding carboxylic acids is 1. The second kappa shape index (κ2) is 9.50. The Morgan fingerprint density at radius 1 is 1.22 bits per heavy atom. The number of aliphatic hydroxyl groups excluding tert-OH is 1. The fourth-order valence-corrected chi connectivity index (χ4v) is 6.72. The maximum absolute atomic E-state index is 13.9. The summed E-state index contributed by atoms with van der Waals surface area (Å²) in [5, 5.41) is 14.6. The van der Waals surface area contributed by atoms with Crippen LogP contribution in [-0.2, 0) is 23.9 Å². The predicted molar refractivity (Wildman–Crippen MR) is 144 cm³/mol. The number of nitrogens with one attached hydrogen (secondary N) is 2. The zero-order valence-electron chi connectivity index (χ0n) is 22.2. The van der Waals surface area contributed by atoms with Crippen molar-refractivity contribution in [3.05, 3.63) is 29.5 Å². The molecule has 2 heterocycles. The zero-order valence-corrected chi connectivity index (χ0v) is 23.9. The van der Waals surface area contributed by atoms with Crippen molar-refractivity contribution in [2.24, 2.45) is 15.6 Å². The lowest BCUT2D eigenvalue weighted by Crippen LogP contribution is -2.48. The van der Waals surface area contributed by atoms with Gasteiger partial charge in [0.1, 0.15) is 11.3 Å². The SMILES string of the molecule is CCOP1(=O)N=C(C2=C(O)[C@H](C(C)(C)C)N(CC(C)(C)CC)C2=O)Nc2ccc(NS(C)(=O)=O)cc21. The third-order valence-electron chi connectivity index (χ3n) is 6.31. The van der Waals surface area contributed by atoms with Crippen LogP contribution in [-0.4, -0.2) is 55.6 Å². The molecular formula is C24H37N4O6PS. The maximum atomic E-state index is 13.9. The Bertz CT molecular complexity index is 1280. The van der Waals surface area contributed by atoms with Gasteiger partial charge in [-0.25, -0.2) is 8.42 Å². The molecule has 200 valence electrons. The van der Waals surface area contributed by atoms with E-state index in [9.17, 15) is 22.9 Å². The van der Waals surface area contributed by atoms with Gasteiger partial charge in [-0.05, 0) is 42.4 Å². The largest absolute Gasteiger partial charge is 0.509 e. The smallest absolute Gasteiger partial charge is 0.348 e. The highest BCUT2D eigenvalue weighted by molar-refractivity contribution is 7.92. The van der Waals surface area contributed by atoms with Crippen molar-refractivity contribution in [2.75, 3.05) is 29.4 Å². The number of anilines is 2. The van der Waals surface area contributed by atoms with Crippen LogP contribution >= 0.6 is 7.52 Å². The van der Waals surface area contributed by atoms with E-state index in [0.717, 1.165) is 12.7 Å². The topological polar surface area (TPSA) is 137 Å². The van der Waals surface area contributed by atoms with Gasteiger partial charge in [-0.15, -0.1) is 0 Å². The van der Waals surface area contributed by atoms with E-state index in [4.69, 9.17) is 4.52 Å². The number of carbonyl (C=O) groups is 1. The number of rotatable bonds is 8. The van der Waals surface area contributed by atoms with Gasteiger partial charge in [-0.2, -0.15) is 4.76 Å². The second-order valence-corrected chi connectivity index (χ2v) is 14.8. The summed E-state index contributed by atoms with van der Waals surface area (Å²) in [5.41, 5.74) is -0.146. The highest BCUT2D eigenvalue weighted by atomic mass is 32.2. The molecule has 1 amide bonds.